The van der Waals surface area contributed by atoms with E-state index in [0.29, 0.717) is 6.04 Å². The van der Waals surface area contributed by atoms with E-state index in [1.54, 1.807) is 24.3 Å². The molecule has 4 nitrogen and oxygen atoms in total. The number of quaternary nitrogens is 1. The maximum Gasteiger partial charge on any atom is 0.297 e. The monoisotopic (exact) mass is 270 g/mol. The van der Waals surface area contributed by atoms with Crippen molar-refractivity contribution in [3.05, 3.63) is 29.8 Å². The maximum absolute atomic E-state index is 12.1. The fourth-order valence-electron chi connectivity index (χ4n) is 2.17. The van der Waals surface area contributed by atoms with Crippen molar-refractivity contribution >= 4 is 10.1 Å². The van der Waals surface area contributed by atoms with Gasteiger partial charge in [-0.15, -0.1) is 0 Å². The summed E-state index contributed by atoms with van der Waals surface area (Å²) < 4.78 is 29.4. The molecule has 0 unspecified atom stereocenters. The van der Waals surface area contributed by atoms with Gasteiger partial charge in [0.05, 0.1) is 17.0 Å². The molecule has 1 aromatic rings. The Labute approximate surface area is 108 Å². The highest BCUT2D eigenvalue weighted by Crippen LogP contribution is 2.23. The van der Waals surface area contributed by atoms with Crippen molar-refractivity contribution in [2.75, 3.05) is 0 Å². The molecule has 0 aromatic heterocycles. The first-order valence-corrected chi connectivity index (χ1v) is 7.71. The lowest BCUT2D eigenvalue weighted by Gasteiger charge is -2.23. The van der Waals surface area contributed by atoms with Crippen molar-refractivity contribution in [2.45, 2.75) is 49.6 Å². The number of aryl methyl sites for hydroxylation is 1. The molecule has 2 rings (SSSR count). The number of hydrogen-bond donors (Lipinski definition) is 1. The summed E-state index contributed by atoms with van der Waals surface area (Å²) in [6.07, 6.45) is 3.25. The highest BCUT2D eigenvalue weighted by atomic mass is 32.2. The summed E-state index contributed by atoms with van der Waals surface area (Å²) >= 11 is 0. The van der Waals surface area contributed by atoms with Crippen LogP contribution in [0, 0.1) is 6.92 Å². The molecule has 18 heavy (non-hydrogen) atoms. The summed E-state index contributed by atoms with van der Waals surface area (Å²) in [4.78, 5) is 0.241. The van der Waals surface area contributed by atoms with Crippen LogP contribution in [0.1, 0.15) is 31.2 Å². The third kappa shape index (κ3) is 3.31. The van der Waals surface area contributed by atoms with Crippen LogP contribution in [0.2, 0.25) is 0 Å². The minimum Gasteiger partial charge on any atom is -0.355 e. The van der Waals surface area contributed by atoms with Crippen molar-refractivity contribution in [2.24, 2.45) is 0 Å². The van der Waals surface area contributed by atoms with Crippen molar-refractivity contribution < 1.29 is 18.3 Å². The van der Waals surface area contributed by atoms with E-state index in [1.807, 2.05) is 6.92 Å². The molecule has 0 heterocycles. The molecule has 1 fully saturated rings. The number of rotatable bonds is 3. The van der Waals surface area contributed by atoms with Crippen LogP contribution in [0.4, 0.5) is 0 Å². The van der Waals surface area contributed by atoms with Gasteiger partial charge in [0.15, 0.2) is 0 Å². The van der Waals surface area contributed by atoms with E-state index < -0.39 is 10.1 Å². The van der Waals surface area contributed by atoms with E-state index in [2.05, 4.69) is 5.73 Å². The molecular weight excluding hydrogens is 250 g/mol. The lowest BCUT2D eigenvalue weighted by Crippen LogP contribution is -2.62. The van der Waals surface area contributed by atoms with Gasteiger partial charge >= 0.3 is 0 Å². The summed E-state index contributed by atoms with van der Waals surface area (Å²) in [5.74, 6) is 0. The summed E-state index contributed by atoms with van der Waals surface area (Å²) in [7, 11) is -3.61. The molecule has 1 aromatic carbocycles. The quantitative estimate of drug-likeness (QED) is 0.840. The van der Waals surface area contributed by atoms with E-state index in [-0.39, 0.29) is 11.0 Å². The van der Waals surface area contributed by atoms with Gasteiger partial charge in [-0.2, -0.15) is 8.42 Å². The molecular formula is C13H20NO3S+. The average molecular weight is 270 g/mol. The molecule has 5 heteroatoms. The summed E-state index contributed by atoms with van der Waals surface area (Å²) in [6.45, 7) is 1.92. The van der Waals surface area contributed by atoms with Gasteiger partial charge in [-0.05, 0) is 31.9 Å². The predicted octanol–water partition coefficient (Wildman–Crippen LogP) is 1.25. The lowest BCUT2D eigenvalue weighted by atomic mass is 9.94. The molecule has 1 saturated carbocycles. The largest absolute Gasteiger partial charge is 0.355 e. The Morgan fingerprint density at radius 1 is 1.11 bits per heavy atom. The second-order valence-electron chi connectivity index (χ2n) is 5.01. The molecule has 1 aliphatic rings. The normalized spacial score (nSPS) is 25.0. The van der Waals surface area contributed by atoms with Gasteiger partial charge in [0.2, 0.25) is 0 Å². The summed E-state index contributed by atoms with van der Waals surface area (Å²) in [5, 5.41) is 0. The topological polar surface area (TPSA) is 71.0 Å². The Balaban J connectivity index is 2.05. The Hall–Kier alpha value is -0.910. The second kappa shape index (κ2) is 5.38. The minimum absolute atomic E-state index is 0.186. The zero-order valence-corrected chi connectivity index (χ0v) is 11.4. The van der Waals surface area contributed by atoms with Crippen LogP contribution in [0.15, 0.2) is 29.2 Å². The molecule has 0 aliphatic heterocycles. The van der Waals surface area contributed by atoms with Gasteiger partial charge in [0.1, 0.15) is 0 Å². The molecule has 0 spiro atoms. The van der Waals surface area contributed by atoms with E-state index in [0.717, 1.165) is 31.2 Å². The molecule has 0 amide bonds. The maximum atomic E-state index is 12.1. The zero-order valence-electron chi connectivity index (χ0n) is 10.6. The van der Waals surface area contributed by atoms with Crippen molar-refractivity contribution in [1.82, 2.24) is 0 Å². The zero-order chi connectivity index (χ0) is 13.2. The predicted molar refractivity (Wildman–Crippen MR) is 68.4 cm³/mol. The highest BCUT2D eigenvalue weighted by Gasteiger charge is 2.26. The van der Waals surface area contributed by atoms with Crippen LogP contribution in [-0.4, -0.2) is 20.6 Å². The molecule has 0 atom stereocenters. The number of benzene rings is 1. The van der Waals surface area contributed by atoms with Crippen LogP contribution in [0.5, 0.6) is 0 Å². The van der Waals surface area contributed by atoms with E-state index in [9.17, 15) is 8.42 Å². The van der Waals surface area contributed by atoms with Crippen molar-refractivity contribution in [3.8, 4) is 0 Å². The molecule has 1 aliphatic carbocycles. The van der Waals surface area contributed by atoms with E-state index in [1.165, 1.54) is 0 Å². The lowest BCUT2D eigenvalue weighted by molar-refractivity contribution is -0.426. The Morgan fingerprint density at radius 3 is 2.22 bits per heavy atom. The van der Waals surface area contributed by atoms with Gasteiger partial charge in [0, 0.05) is 12.8 Å². The van der Waals surface area contributed by atoms with Crippen LogP contribution in [0.25, 0.3) is 0 Å². The Morgan fingerprint density at radius 2 is 1.67 bits per heavy atom. The van der Waals surface area contributed by atoms with Gasteiger partial charge in [0.25, 0.3) is 10.1 Å². The third-order valence-corrected chi connectivity index (χ3v) is 4.74. The van der Waals surface area contributed by atoms with Crippen molar-refractivity contribution in [1.29, 1.82) is 0 Å². The van der Waals surface area contributed by atoms with Gasteiger partial charge in [-0.25, -0.2) is 0 Å². The third-order valence-electron chi connectivity index (χ3n) is 3.37. The fraction of sp³-hybridized carbons (Fsp3) is 0.538. The first-order valence-electron chi connectivity index (χ1n) is 6.30. The van der Waals surface area contributed by atoms with E-state index >= 15 is 0 Å². The van der Waals surface area contributed by atoms with E-state index in [4.69, 9.17) is 4.18 Å². The first-order chi connectivity index (χ1) is 8.47. The molecule has 0 bridgehead atoms. The molecule has 100 valence electrons. The van der Waals surface area contributed by atoms with Gasteiger partial charge in [-0.3, -0.25) is 4.18 Å². The summed E-state index contributed by atoms with van der Waals surface area (Å²) in [6, 6.07) is 7.19. The Kier molecular flexibility index (Phi) is 4.04. The van der Waals surface area contributed by atoms with Crippen LogP contribution >= 0.6 is 0 Å². The standard InChI is InChI=1S/C13H19NO3S/c1-10-2-8-13(9-3-10)18(15,16)17-12-6-4-11(14)5-7-12/h2-3,8-9,11-12H,4-7,14H2,1H3/p+1. The average Bonchev–Trinajstić information content (AvgIpc) is 2.32. The smallest absolute Gasteiger partial charge is 0.297 e. The van der Waals surface area contributed by atoms with Crippen LogP contribution < -0.4 is 5.73 Å². The van der Waals surface area contributed by atoms with Gasteiger partial charge in [-0.1, -0.05) is 17.7 Å². The first kappa shape index (κ1) is 13.5. The summed E-state index contributed by atoms with van der Waals surface area (Å²) in [5.41, 5.74) is 5.03. The minimum atomic E-state index is -3.61. The molecule has 0 radical (unpaired) electrons. The van der Waals surface area contributed by atoms with Gasteiger partial charge < -0.3 is 5.73 Å². The fourth-order valence-corrected chi connectivity index (χ4v) is 3.30. The van der Waals surface area contributed by atoms with Crippen LogP contribution in [-0.2, 0) is 14.3 Å². The number of hydrogen-bond acceptors (Lipinski definition) is 3. The van der Waals surface area contributed by atoms with Crippen molar-refractivity contribution in [3.63, 3.8) is 0 Å². The Bertz CT molecular complexity index is 487. The molecule has 0 saturated heterocycles. The highest BCUT2D eigenvalue weighted by molar-refractivity contribution is 7.86. The second-order valence-corrected chi connectivity index (χ2v) is 6.58. The SMILES string of the molecule is Cc1ccc(S(=O)(=O)OC2CCC([NH3+])CC2)cc1. The van der Waals surface area contributed by atoms with Crippen LogP contribution in [0.3, 0.4) is 0 Å². The molecule has 3 N–H and O–H groups in total.